The van der Waals surface area contributed by atoms with Gasteiger partial charge in [0.05, 0.1) is 5.70 Å². The van der Waals surface area contributed by atoms with E-state index in [0.29, 0.717) is 6.04 Å². The van der Waals surface area contributed by atoms with Gasteiger partial charge in [0, 0.05) is 19.6 Å². The average molecular weight is 192 g/mol. The van der Waals surface area contributed by atoms with Gasteiger partial charge in [0.15, 0.2) is 0 Å². The van der Waals surface area contributed by atoms with Gasteiger partial charge < -0.3 is 10.2 Å². The van der Waals surface area contributed by atoms with Gasteiger partial charge in [-0.15, -0.1) is 6.42 Å². The summed E-state index contributed by atoms with van der Waals surface area (Å²) in [5, 5.41) is 3.03. The third-order valence-corrected chi connectivity index (χ3v) is 2.01. The summed E-state index contributed by atoms with van der Waals surface area (Å²) < 4.78 is 0. The van der Waals surface area contributed by atoms with Crippen LogP contribution in [0.15, 0.2) is 23.9 Å². The number of nitrogens with one attached hydrogen (secondary N) is 1. The van der Waals surface area contributed by atoms with Crippen LogP contribution in [0.4, 0.5) is 0 Å². The fourth-order valence-corrected chi connectivity index (χ4v) is 0.891. The lowest BCUT2D eigenvalue weighted by atomic mass is 10.2. The maximum atomic E-state index is 5.42. The summed E-state index contributed by atoms with van der Waals surface area (Å²) in [6.45, 7) is 5.09. The quantitative estimate of drug-likeness (QED) is 0.526. The maximum absolute atomic E-state index is 5.42. The molecule has 0 heterocycles. The Morgan fingerprint density at radius 2 is 2.21 bits per heavy atom. The van der Waals surface area contributed by atoms with Crippen LogP contribution in [-0.4, -0.2) is 31.6 Å². The first-order valence-electron chi connectivity index (χ1n) is 4.84. The van der Waals surface area contributed by atoms with Crippen LogP contribution in [0.1, 0.15) is 13.8 Å². The van der Waals surface area contributed by atoms with Crippen LogP contribution in [0.3, 0.4) is 0 Å². The van der Waals surface area contributed by atoms with E-state index in [9.17, 15) is 0 Å². The smallest absolute Gasteiger partial charge is 0.0876 e. The molecule has 0 fully saturated rings. The van der Waals surface area contributed by atoms with Gasteiger partial charge in [-0.2, -0.15) is 0 Å². The van der Waals surface area contributed by atoms with E-state index in [0.717, 1.165) is 12.2 Å². The lowest BCUT2D eigenvalue weighted by molar-refractivity contribution is 0.358. The zero-order valence-corrected chi connectivity index (χ0v) is 9.54. The Morgan fingerprint density at radius 3 is 2.64 bits per heavy atom. The molecular formula is C12H20N2. The first-order valence-corrected chi connectivity index (χ1v) is 4.84. The predicted molar refractivity (Wildman–Crippen MR) is 62.9 cm³/mol. The third kappa shape index (κ3) is 4.74. The minimum absolute atomic E-state index is 0.426. The topological polar surface area (TPSA) is 15.3 Å². The van der Waals surface area contributed by atoms with Crippen LogP contribution in [0, 0.1) is 12.3 Å². The van der Waals surface area contributed by atoms with E-state index in [-0.39, 0.29) is 0 Å². The number of rotatable bonds is 5. The summed E-state index contributed by atoms with van der Waals surface area (Å²) in [5.41, 5.74) is 0.910. The van der Waals surface area contributed by atoms with Crippen molar-refractivity contribution in [1.82, 2.24) is 10.2 Å². The molecule has 78 valence electrons. The zero-order chi connectivity index (χ0) is 11.0. The molecule has 0 aromatic rings. The first-order chi connectivity index (χ1) is 6.63. The van der Waals surface area contributed by atoms with Crippen molar-refractivity contribution in [2.75, 3.05) is 20.6 Å². The Balaban J connectivity index is 4.34. The monoisotopic (exact) mass is 192 g/mol. The van der Waals surface area contributed by atoms with Gasteiger partial charge in [-0.1, -0.05) is 18.1 Å². The Hall–Kier alpha value is -1.20. The molecule has 2 nitrogen and oxygen atoms in total. The number of hydrogen-bond donors (Lipinski definition) is 1. The second kappa shape index (κ2) is 7.23. The molecule has 0 rings (SSSR count). The molecule has 0 aliphatic heterocycles. The van der Waals surface area contributed by atoms with E-state index in [4.69, 9.17) is 6.42 Å². The average Bonchev–Trinajstić information content (AvgIpc) is 2.17. The molecule has 0 aromatic carbocycles. The second-order valence-electron chi connectivity index (χ2n) is 3.39. The van der Waals surface area contributed by atoms with Gasteiger partial charge in [0.1, 0.15) is 0 Å². The normalized spacial score (nSPS) is 12.1. The van der Waals surface area contributed by atoms with Crippen LogP contribution in [-0.2, 0) is 0 Å². The van der Waals surface area contributed by atoms with Gasteiger partial charge in [-0.05, 0) is 27.0 Å². The van der Waals surface area contributed by atoms with Gasteiger partial charge in [-0.3, -0.25) is 0 Å². The van der Waals surface area contributed by atoms with Crippen LogP contribution >= 0.6 is 0 Å². The van der Waals surface area contributed by atoms with Gasteiger partial charge in [-0.25, -0.2) is 0 Å². The Kier molecular flexibility index (Phi) is 6.61. The third-order valence-electron chi connectivity index (χ3n) is 2.01. The van der Waals surface area contributed by atoms with Crippen molar-refractivity contribution in [3.8, 4) is 12.3 Å². The van der Waals surface area contributed by atoms with Gasteiger partial charge in [0.2, 0.25) is 0 Å². The van der Waals surface area contributed by atoms with E-state index in [1.807, 2.05) is 32.3 Å². The highest BCUT2D eigenvalue weighted by atomic mass is 15.1. The molecule has 0 aromatic heterocycles. The highest BCUT2D eigenvalue weighted by molar-refractivity contribution is 5.28. The van der Waals surface area contributed by atoms with E-state index in [2.05, 4.69) is 30.0 Å². The van der Waals surface area contributed by atoms with Crippen molar-refractivity contribution < 1.29 is 0 Å². The standard InChI is InChI=1S/C12H20N2/c1-6-12(14(5)11(2)3)9-7-8-10-13-4/h1,7-9,11,13H,10H2,2-5H3/b8-7-,12-9+. The molecule has 14 heavy (non-hydrogen) atoms. The summed E-state index contributed by atoms with van der Waals surface area (Å²) in [4.78, 5) is 2.07. The molecule has 0 radical (unpaired) electrons. The summed E-state index contributed by atoms with van der Waals surface area (Å²) in [6, 6.07) is 0.426. The van der Waals surface area contributed by atoms with Gasteiger partial charge >= 0.3 is 0 Å². The van der Waals surface area contributed by atoms with E-state index in [1.54, 1.807) is 0 Å². The summed E-state index contributed by atoms with van der Waals surface area (Å²) in [5.74, 6) is 2.68. The Labute approximate surface area is 87.7 Å². The molecule has 0 saturated heterocycles. The SMILES string of the molecule is C#C/C(=C\C=C/CNC)N(C)C(C)C. The lowest BCUT2D eigenvalue weighted by Crippen LogP contribution is -2.24. The minimum Gasteiger partial charge on any atom is -0.365 e. The number of terminal acetylenes is 1. The van der Waals surface area contributed by atoms with E-state index in [1.165, 1.54) is 0 Å². The molecule has 0 saturated carbocycles. The fraction of sp³-hybridized carbons (Fsp3) is 0.500. The van der Waals surface area contributed by atoms with Crippen molar-refractivity contribution in [2.45, 2.75) is 19.9 Å². The molecule has 0 unspecified atom stereocenters. The van der Waals surface area contributed by atoms with Crippen molar-refractivity contribution in [3.63, 3.8) is 0 Å². The fourth-order valence-electron chi connectivity index (χ4n) is 0.891. The van der Waals surface area contributed by atoms with E-state index < -0.39 is 0 Å². The molecule has 0 aliphatic rings. The van der Waals surface area contributed by atoms with Crippen molar-refractivity contribution in [1.29, 1.82) is 0 Å². The van der Waals surface area contributed by atoms with Crippen LogP contribution in [0.2, 0.25) is 0 Å². The summed E-state index contributed by atoms with van der Waals surface area (Å²) >= 11 is 0. The van der Waals surface area contributed by atoms with Gasteiger partial charge in [0.25, 0.3) is 0 Å². The van der Waals surface area contributed by atoms with Crippen molar-refractivity contribution >= 4 is 0 Å². The molecule has 0 amide bonds. The zero-order valence-electron chi connectivity index (χ0n) is 9.54. The molecule has 0 atom stereocenters. The molecule has 0 aliphatic carbocycles. The largest absolute Gasteiger partial charge is 0.365 e. The lowest BCUT2D eigenvalue weighted by Gasteiger charge is -2.22. The molecule has 0 spiro atoms. The Bertz CT molecular complexity index is 244. The molecule has 0 bridgehead atoms. The number of likely N-dealkylation sites (N-methyl/N-ethyl adjacent to an activating group) is 1. The Morgan fingerprint density at radius 1 is 1.57 bits per heavy atom. The first kappa shape index (κ1) is 12.8. The summed E-state index contributed by atoms with van der Waals surface area (Å²) in [7, 11) is 3.92. The number of hydrogen-bond acceptors (Lipinski definition) is 2. The minimum atomic E-state index is 0.426. The number of allylic oxidation sites excluding steroid dienone is 3. The summed E-state index contributed by atoms with van der Waals surface area (Å²) in [6.07, 6.45) is 11.4. The van der Waals surface area contributed by atoms with Crippen LogP contribution in [0.25, 0.3) is 0 Å². The van der Waals surface area contributed by atoms with Crippen molar-refractivity contribution in [2.24, 2.45) is 0 Å². The van der Waals surface area contributed by atoms with Crippen LogP contribution in [0.5, 0.6) is 0 Å². The van der Waals surface area contributed by atoms with Crippen LogP contribution < -0.4 is 5.32 Å². The van der Waals surface area contributed by atoms with E-state index >= 15 is 0 Å². The van der Waals surface area contributed by atoms with Crippen molar-refractivity contribution in [3.05, 3.63) is 23.9 Å². The highest BCUT2D eigenvalue weighted by Gasteiger charge is 2.03. The number of nitrogens with zero attached hydrogens (tertiary/aromatic N) is 1. The second-order valence-corrected chi connectivity index (χ2v) is 3.39. The molecule has 2 heteroatoms. The maximum Gasteiger partial charge on any atom is 0.0876 e. The molecular weight excluding hydrogens is 172 g/mol. The molecule has 1 N–H and O–H groups in total. The predicted octanol–water partition coefficient (Wildman–Crippen LogP) is 1.62. The highest BCUT2D eigenvalue weighted by Crippen LogP contribution is 2.04.